The highest BCUT2D eigenvalue weighted by atomic mass is 35.5. The lowest BCUT2D eigenvalue weighted by molar-refractivity contribution is 0.314. The van der Waals surface area contributed by atoms with Gasteiger partial charge in [0.25, 0.3) is 0 Å². The molecule has 1 saturated heterocycles. The van der Waals surface area contributed by atoms with Crippen LogP contribution in [0.25, 0.3) is 0 Å². The zero-order chi connectivity index (χ0) is 14.1. The summed E-state index contributed by atoms with van der Waals surface area (Å²) >= 11 is 7.76. The highest BCUT2D eigenvalue weighted by Crippen LogP contribution is 2.36. The Bertz CT molecular complexity index is 514. The molecule has 3 nitrogen and oxygen atoms in total. The Morgan fingerprint density at radius 1 is 1.30 bits per heavy atom. The summed E-state index contributed by atoms with van der Waals surface area (Å²) in [5, 5.41) is 0.799. The molecule has 3 rings (SSSR count). The molecule has 0 unspecified atom stereocenters. The van der Waals surface area contributed by atoms with E-state index < -0.39 is 0 Å². The summed E-state index contributed by atoms with van der Waals surface area (Å²) in [6, 6.07) is 8.70. The molecule has 0 saturated carbocycles. The molecule has 0 radical (unpaired) electrons. The number of halogens is 1. The molecule has 1 atom stereocenters. The van der Waals surface area contributed by atoms with Gasteiger partial charge < -0.3 is 5.43 Å². The van der Waals surface area contributed by atoms with Gasteiger partial charge in [-0.1, -0.05) is 23.7 Å². The van der Waals surface area contributed by atoms with Gasteiger partial charge in [-0.2, -0.15) is 4.41 Å². The molecular formula is C15H20ClN3S. The number of benzene rings is 1. The molecular weight excluding hydrogens is 290 g/mol. The number of hydrazine groups is 1. The van der Waals surface area contributed by atoms with Crippen molar-refractivity contribution in [3.63, 3.8) is 0 Å². The van der Waals surface area contributed by atoms with Crippen LogP contribution in [0.4, 0.5) is 0 Å². The molecule has 0 amide bonds. The number of hydrogen-bond acceptors (Lipinski definition) is 4. The molecule has 1 aromatic carbocycles. The van der Waals surface area contributed by atoms with E-state index in [1.165, 1.54) is 35.6 Å². The topological polar surface area (TPSA) is 18.5 Å². The summed E-state index contributed by atoms with van der Waals surface area (Å²) in [7, 11) is 4.30. The van der Waals surface area contributed by atoms with Crippen molar-refractivity contribution in [3.8, 4) is 0 Å². The van der Waals surface area contributed by atoms with Gasteiger partial charge >= 0.3 is 0 Å². The lowest BCUT2D eigenvalue weighted by atomic mass is 10.1. The predicted molar refractivity (Wildman–Crippen MR) is 86.3 cm³/mol. The van der Waals surface area contributed by atoms with Gasteiger partial charge in [0.2, 0.25) is 0 Å². The maximum atomic E-state index is 5.96. The van der Waals surface area contributed by atoms with E-state index in [4.69, 9.17) is 11.6 Å². The third-order valence-corrected chi connectivity index (χ3v) is 5.16. The van der Waals surface area contributed by atoms with Gasteiger partial charge in [0.1, 0.15) is 0 Å². The van der Waals surface area contributed by atoms with E-state index in [0.717, 1.165) is 11.4 Å². The van der Waals surface area contributed by atoms with Gasteiger partial charge in [0.15, 0.2) is 0 Å². The molecule has 5 heteroatoms. The minimum atomic E-state index is 0.537. The van der Waals surface area contributed by atoms with Crippen molar-refractivity contribution >= 4 is 23.5 Å². The fourth-order valence-electron chi connectivity index (χ4n) is 2.92. The molecule has 0 spiro atoms. The predicted octanol–water partition coefficient (Wildman–Crippen LogP) is 3.29. The fraction of sp³-hybridized carbons (Fsp3) is 0.467. The SMILES string of the molecule is CN1NC([C@H]2CCCN2C)=C(Cc2ccc(Cl)cc2)S1. The van der Waals surface area contributed by atoms with Crippen LogP contribution in [-0.2, 0) is 6.42 Å². The molecule has 0 aliphatic carbocycles. The summed E-state index contributed by atoms with van der Waals surface area (Å²) < 4.78 is 2.10. The van der Waals surface area contributed by atoms with E-state index in [2.05, 4.69) is 41.0 Å². The van der Waals surface area contributed by atoms with Crippen LogP contribution in [-0.4, -0.2) is 36.0 Å². The molecule has 0 bridgehead atoms. The molecule has 1 fully saturated rings. The van der Waals surface area contributed by atoms with E-state index in [-0.39, 0.29) is 0 Å². The maximum absolute atomic E-state index is 5.96. The Morgan fingerprint density at radius 3 is 2.70 bits per heavy atom. The summed E-state index contributed by atoms with van der Waals surface area (Å²) in [6.07, 6.45) is 3.51. The van der Waals surface area contributed by atoms with Crippen LogP contribution in [0.1, 0.15) is 18.4 Å². The number of likely N-dealkylation sites (tertiary alicyclic amines) is 1. The lowest BCUT2D eigenvalue weighted by Gasteiger charge is -2.22. The highest BCUT2D eigenvalue weighted by Gasteiger charge is 2.31. The average Bonchev–Trinajstić information content (AvgIpc) is 2.98. The van der Waals surface area contributed by atoms with Crippen LogP contribution in [0.3, 0.4) is 0 Å². The van der Waals surface area contributed by atoms with Crippen molar-refractivity contribution in [2.24, 2.45) is 0 Å². The number of likely N-dealkylation sites (N-methyl/N-ethyl adjacent to an activating group) is 1. The number of allylic oxidation sites excluding steroid dienone is 1. The van der Waals surface area contributed by atoms with Gasteiger partial charge in [-0.15, -0.1) is 0 Å². The molecule has 108 valence electrons. The van der Waals surface area contributed by atoms with Crippen molar-refractivity contribution < 1.29 is 0 Å². The zero-order valence-corrected chi connectivity index (χ0v) is 13.5. The lowest BCUT2D eigenvalue weighted by Crippen LogP contribution is -2.35. The van der Waals surface area contributed by atoms with Gasteiger partial charge in [-0.25, -0.2) is 0 Å². The zero-order valence-electron chi connectivity index (χ0n) is 11.9. The van der Waals surface area contributed by atoms with Crippen LogP contribution < -0.4 is 5.43 Å². The Hall–Kier alpha value is -0.680. The van der Waals surface area contributed by atoms with Crippen molar-refractivity contribution in [2.45, 2.75) is 25.3 Å². The minimum Gasteiger partial charge on any atom is -0.311 e. The molecule has 1 aromatic rings. The second-order valence-electron chi connectivity index (χ2n) is 5.48. The second-order valence-corrected chi connectivity index (χ2v) is 7.14. The molecule has 2 heterocycles. The molecule has 0 aromatic heterocycles. The van der Waals surface area contributed by atoms with Crippen LogP contribution in [0, 0.1) is 0 Å². The summed E-state index contributed by atoms with van der Waals surface area (Å²) in [6.45, 7) is 1.19. The quantitative estimate of drug-likeness (QED) is 0.863. The van der Waals surface area contributed by atoms with Crippen molar-refractivity contribution in [1.29, 1.82) is 0 Å². The van der Waals surface area contributed by atoms with Crippen molar-refractivity contribution in [3.05, 3.63) is 45.5 Å². The third kappa shape index (κ3) is 2.98. The van der Waals surface area contributed by atoms with Crippen LogP contribution in [0.15, 0.2) is 34.9 Å². The van der Waals surface area contributed by atoms with E-state index >= 15 is 0 Å². The van der Waals surface area contributed by atoms with E-state index in [1.54, 1.807) is 11.9 Å². The monoisotopic (exact) mass is 309 g/mol. The molecule has 2 aliphatic heterocycles. The van der Waals surface area contributed by atoms with Gasteiger partial charge in [0.05, 0.1) is 11.7 Å². The highest BCUT2D eigenvalue weighted by molar-refractivity contribution is 8.01. The minimum absolute atomic E-state index is 0.537. The van der Waals surface area contributed by atoms with E-state index in [0.29, 0.717) is 6.04 Å². The second kappa shape index (κ2) is 5.98. The first-order valence-corrected chi connectivity index (χ1v) is 8.14. The Kier molecular flexibility index (Phi) is 4.26. The Balaban J connectivity index is 1.82. The van der Waals surface area contributed by atoms with E-state index in [1.807, 2.05) is 12.1 Å². The fourth-order valence-corrected chi connectivity index (χ4v) is 4.03. The normalized spacial score (nSPS) is 24.4. The first-order valence-electron chi connectivity index (χ1n) is 6.99. The standard InChI is InChI=1S/C15H20ClN3S/c1-18-9-3-4-13(18)15-14(20-19(2)17-15)10-11-5-7-12(16)8-6-11/h5-8,13,17H,3-4,9-10H2,1-2H3/t13-/m1/s1. The molecule has 1 N–H and O–H groups in total. The third-order valence-electron chi connectivity index (χ3n) is 3.96. The van der Waals surface area contributed by atoms with E-state index in [9.17, 15) is 0 Å². The molecule has 2 aliphatic rings. The first-order chi connectivity index (χ1) is 9.63. The largest absolute Gasteiger partial charge is 0.311 e. The Labute approximate surface area is 130 Å². The molecule has 20 heavy (non-hydrogen) atoms. The van der Waals surface area contributed by atoms with Crippen LogP contribution in [0.2, 0.25) is 5.02 Å². The number of nitrogens with zero attached hydrogens (tertiary/aromatic N) is 2. The summed E-state index contributed by atoms with van der Waals surface area (Å²) in [4.78, 5) is 3.87. The smallest absolute Gasteiger partial charge is 0.0557 e. The number of nitrogens with one attached hydrogen (secondary N) is 1. The van der Waals surface area contributed by atoms with Crippen LogP contribution >= 0.6 is 23.5 Å². The van der Waals surface area contributed by atoms with Gasteiger partial charge in [-0.05, 0) is 56.1 Å². The number of rotatable bonds is 3. The summed E-state index contributed by atoms with van der Waals surface area (Å²) in [5.74, 6) is 0. The van der Waals surface area contributed by atoms with Gasteiger partial charge in [-0.3, -0.25) is 4.90 Å². The summed E-state index contributed by atoms with van der Waals surface area (Å²) in [5.41, 5.74) is 6.21. The van der Waals surface area contributed by atoms with Crippen molar-refractivity contribution in [1.82, 2.24) is 14.7 Å². The van der Waals surface area contributed by atoms with Crippen molar-refractivity contribution in [2.75, 3.05) is 20.6 Å². The van der Waals surface area contributed by atoms with Gasteiger partial charge in [0, 0.05) is 23.4 Å². The number of hydrogen-bond donors (Lipinski definition) is 1. The maximum Gasteiger partial charge on any atom is 0.0557 e. The first kappa shape index (κ1) is 14.3. The van der Waals surface area contributed by atoms with Crippen LogP contribution in [0.5, 0.6) is 0 Å². The average molecular weight is 310 g/mol. The Morgan fingerprint density at radius 2 is 2.05 bits per heavy atom.